The Hall–Kier alpha value is -0.610. The van der Waals surface area contributed by atoms with Crippen LogP contribution in [0.1, 0.15) is 19.3 Å². The number of amides is 1. The van der Waals surface area contributed by atoms with Gasteiger partial charge in [0, 0.05) is 19.4 Å². The molecule has 82 valence electrons. The number of nitrogens with one attached hydrogen (secondary N) is 1. The van der Waals surface area contributed by atoms with E-state index in [0.29, 0.717) is 6.54 Å². The van der Waals surface area contributed by atoms with E-state index in [2.05, 4.69) is 10.2 Å². The predicted molar refractivity (Wildman–Crippen MR) is 56.3 cm³/mol. The van der Waals surface area contributed by atoms with E-state index in [-0.39, 0.29) is 18.7 Å². The Morgan fingerprint density at radius 1 is 1.29 bits per heavy atom. The van der Waals surface area contributed by atoms with Crippen molar-refractivity contribution in [3.63, 3.8) is 0 Å². The van der Waals surface area contributed by atoms with Crippen molar-refractivity contribution < 1.29 is 9.59 Å². The second-order valence-corrected chi connectivity index (χ2v) is 3.78. The van der Waals surface area contributed by atoms with Crippen molar-refractivity contribution in [2.75, 3.05) is 27.2 Å². The summed E-state index contributed by atoms with van der Waals surface area (Å²) >= 11 is 5.10. The number of carbonyl (C=O) groups is 2. The third-order valence-corrected chi connectivity index (χ3v) is 1.84. The molecular weight excluding hydrogens is 204 g/mol. The second kappa shape index (κ2) is 7.76. The molecule has 0 saturated heterocycles. The predicted octanol–water partition coefficient (Wildman–Crippen LogP) is 0.600. The summed E-state index contributed by atoms with van der Waals surface area (Å²) in [5.41, 5.74) is 0. The lowest BCUT2D eigenvalue weighted by Crippen LogP contribution is -2.27. The summed E-state index contributed by atoms with van der Waals surface area (Å²) in [5.74, 6) is -0.113. The van der Waals surface area contributed by atoms with E-state index in [1.165, 1.54) is 0 Å². The lowest BCUT2D eigenvalue weighted by atomic mass is 10.3. The zero-order valence-corrected chi connectivity index (χ0v) is 9.43. The SMILES string of the molecule is CN(C)CCCNC(=O)CCC(=O)Cl. The number of hydrogen-bond acceptors (Lipinski definition) is 3. The van der Waals surface area contributed by atoms with Gasteiger partial charge in [-0.1, -0.05) is 0 Å². The van der Waals surface area contributed by atoms with Gasteiger partial charge in [0.05, 0.1) is 0 Å². The number of nitrogens with zero attached hydrogens (tertiary/aromatic N) is 1. The summed E-state index contributed by atoms with van der Waals surface area (Å²) in [6.07, 6.45) is 1.21. The van der Waals surface area contributed by atoms with Crippen molar-refractivity contribution in [2.24, 2.45) is 0 Å². The van der Waals surface area contributed by atoms with Gasteiger partial charge in [-0.15, -0.1) is 0 Å². The zero-order valence-electron chi connectivity index (χ0n) is 8.68. The third-order valence-electron chi connectivity index (χ3n) is 1.65. The Morgan fingerprint density at radius 2 is 1.93 bits per heavy atom. The molecule has 0 aliphatic heterocycles. The van der Waals surface area contributed by atoms with E-state index in [9.17, 15) is 9.59 Å². The number of hydrogen-bond donors (Lipinski definition) is 1. The first-order chi connectivity index (χ1) is 6.52. The van der Waals surface area contributed by atoms with E-state index in [0.717, 1.165) is 13.0 Å². The third kappa shape index (κ3) is 9.48. The van der Waals surface area contributed by atoms with Gasteiger partial charge in [0.25, 0.3) is 0 Å². The van der Waals surface area contributed by atoms with Gasteiger partial charge in [0.2, 0.25) is 11.1 Å². The molecule has 0 unspecified atom stereocenters. The first-order valence-corrected chi connectivity index (χ1v) is 5.00. The van der Waals surface area contributed by atoms with E-state index in [1.807, 2.05) is 14.1 Å². The van der Waals surface area contributed by atoms with Crippen LogP contribution in [0.4, 0.5) is 0 Å². The van der Waals surface area contributed by atoms with Crippen LogP contribution in [0, 0.1) is 0 Å². The van der Waals surface area contributed by atoms with Crippen molar-refractivity contribution in [1.82, 2.24) is 10.2 Å². The quantitative estimate of drug-likeness (QED) is 0.505. The minimum atomic E-state index is -0.464. The molecule has 0 saturated carbocycles. The highest BCUT2D eigenvalue weighted by atomic mass is 35.5. The van der Waals surface area contributed by atoms with E-state index < -0.39 is 5.24 Å². The maximum Gasteiger partial charge on any atom is 0.222 e. The lowest BCUT2D eigenvalue weighted by molar-refractivity contribution is -0.123. The molecule has 0 heterocycles. The Balaban J connectivity index is 3.31. The fourth-order valence-electron chi connectivity index (χ4n) is 0.923. The van der Waals surface area contributed by atoms with Gasteiger partial charge in [-0.3, -0.25) is 9.59 Å². The molecule has 0 aromatic carbocycles. The molecule has 0 aromatic heterocycles. The van der Waals surface area contributed by atoms with Gasteiger partial charge < -0.3 is 10.2 Å². The number of carbonyl (C=O) groups excluding carboxylic acids is 2. The van der Waals surface area contributed by atoms with Crippen LogP contribution >= 0.6 is 11.6 Å². The molecule has 0 aliphatic rings. The van der Waals surface area contributed by atoms with Gasteiger partial charge in [-0.05, 0) is 38.7 Å². The highest BCUT2D eigenvalue weighted by Crippen LogP contribution is 1.94. The molecule has 5 heteroatoms. The maximum absolute atomic E-state index is 11.1. The molecule has 0 radical (unpaired) electrons. The Kier molecular flexibility index (Phi) is 7.42. The zero-order chi connectivity index (χ0) is 11.0. The van der Waals surface area contributed by atoms with Crippen molar-refractivity contribution in [3.05, 3.63) is 0 Å². The van der Waals surface area contributed by atoms with Crippen LogP contribution < -0.4 is 5.32 Å². The summed E-state index contributed by atoms with van der Waals surface area (Å²) in [7, 11) is 3.96. The second-order valence-electron chi connectivity index (χ2n) is 3.36. The Bertz CT molecular complexity index is 195. The van der Waals surface area contributed by atoms with E-state index >= 15 is 0 Å². The van der Waals surface area contributed by atoms with Gasteiger partial charge in [-0.2, -0.15) is 0 Å². The van der Waals surface area contributed by atoms with Crippen LogP contribution in [0.25, 0.3) is 0 Å². The largest absolute Gasteiger partial charge is 0.356 e. The molecule has 4 nitrogen and oxygen atoms in total. The van der Waals surface area contributed by atoms with Crippen molar-refractivity contribution in [3.8, 4) is 0 Å². The van der Waals surface area contributed by atoms with Gasteiger partial charge in [0.1, 0.15) is 0 Å². The Morgan fingerprint density at radius 3 is 2.43 bits per heavy atom. The highest BCUT2D eigenvalue weighted by molar-refractivity contribution is 6.63. The van der Waals surface area contributed by atoms with Crippen LogP contribution in [-0.2, 0) is 9.59 Å². The average Bonchev–Trinajstić information content (AvgIpc) is 2.08. The fourth-order valence-corrected chi connectivity index (χ4v) is 1.02. The van der Waals surface area contributed by atoms with Gasteiger partial charge >= 0.3 is 0 Å². The molecule has 1 N–H and O–H groups in total. The average molecular weight is 221 g/mol. The lowest BCUT2D eigenvalue weighted by Gasteiger charge is -2.09. The van der Waals surface area contributed by atoms with Crippen LogP contribution in [0.5, 0.6) is 0 Å². The molecule has 0 rings (SSSR count). The minimum Gasteiger partial charge on any atom is -0.356 e. The Labute approximate surface area is 89.6 Å². The summed E-state index contributed by atoms with van der Waals surface area (Å²) < 4.78 is 0. The molecule has 0 aliphatic carbocycles. The van der Waals surface area contributed by atoms with Crippen LogP contribution in [0.15, 0.2) is 0 Å². The molecule has 14 heavy (non-hydrogen) atoms. The number of halogens is 1. The standard InChI is InChI=1S/C9H17ClN2O2/c1-12(2)7-3-6-11-9(14)5-4-8(10)13/h3-7H2,1-2H3,(H,11,14). The summed E-state index contributed by atoms with van der Waals surface area (Å²) in [6, 6.07) is 0. The van der Waals surface area contributed by atoms with E-state index in [1.54, 1.807) is 0 Å². The molecule has 0 atom stereocenters. The summed E-state index contributed by atoms with van der Waals surface area (Å²) in [4.78, 5) is 23.5. The van der Waals surface area contributed by atoms with Crippen molar-refractivity contribution in [2.45, 2.75) is 19.3 Å². The first-order valence-electron chi connectivity index (χ1n) is 4.62. The maximum atomic E-state index is 11.1. The number of rotatable bonds is 7. The molecule has 0 bridgehead atoms. The molecule has 0 spiro atoms. The topological polar surface area (TPSA) is 49.4 Å². The van der Waals surface area contributed by atoms with Crippen LogP contribution in [0.3, 0.4) is 0 Å². The summed E-state index contributed by atoms with van der Waals surface area (Å²) in [6.45, 7) is 1.59. The monoisotopic (exact) mass is 220 g/mol. The smallest absolute Gasteiger partial charge is 0.222 e. The molecule has 0 fully saturated rings. The van der Waals surface area contributed by atoms with Crippen molar-refractivity contribution in [1.29, 1.82) is 0 Å². The van der Waals surface area contributed by atoms with Crippen LogP contribution in [0.2, 0.25) is 0 Å². The van der Waals surface area contributed by atoms with Gasteiger partial charge in [-0.25, -0.2) is 0 Å². The minimum absolute atomic E-state index is 0.112. The highest BCUT2D eigenvalue weighted by Gasteiger charge is 2.03. The van der Waals surface area contributed by atoms with Gasteiger partial charge in [0.15, 0.2) is 0 Å². The molecule has 1 amide bonds. The normalized spacial score (nSPS) is 10.3. The van der Waals surface area contributed by atoms with Crippen LogP contribution in [-0.4, -0.2) is 43.2 Å². The van der Waals surface area contributed by atoms with Crippen molar-refractivity contribution >= 4 is 22.8 Å². The molecule has 0 aromatic rings. The summed E-state index contributed by atoms with van der Waals surface area (Å²) in [5, 5.41) is 2.25. The van der Waals surface area contributed by atoms with E-state index in [4.69, 9.17) is 11.6 Å². The fraction of sp³-hybridized carbons (Fsp3) is 0.778. The molecular formula is C9H17ClN2O2. The first kappa shape index (κ1) is 13.4.